The molecule has 1 N–H and O–H groups in total. The van der Waals surface area contributed by atoms with E-state index in [4.69, 9.17) is 0 Å². The van der Waals surface area contributed by atoms with Gasteiger partial charge in [0.25, 0.3) is 5.56 Å². The number of aromatic amines is 1. The fraction of sp³-hybridized carbons (Fsp3) is 0.385. The number of aryl methyl sites for hydroxylation is 2. The van der Waals surface area contributed by atoms with Gasteiger partial charge in [-0.25, -0.2) is 4.68 Å². The molecule has 0 unspecified atom stereocenters. The van der Waals surface area contributed by atoms with E-state index >= 15 is 0 Å². The molecule has 1 aliphatic rings. The normalized spacial score (nSPS) is 15.5. The Bertz CT molecular complexity index is 1390. The minimum atomic E-state index is -0.359. The van der Waals surface area contributed by atoms with E-state index in [1.807, 2.05) is 16.8 Å². The van der Waals surface area contributed by atoms with Crippen LogP contribution in [0.2, 0.25) is 0 Å². The third-order valence-electron chi connectivity index (χ3n) is 6.68. The van der Waals surface area contributed by atoms with Crippen molar-refractivity contribution in [2.45, 2.75) is 59.2 Å². The Hall–Kier alpha value is -3.32. The fourth-order valence-corrected chi connectivity index (χ4v) is 4.78. The van der Waals surface area contributed by atoms with E-state index in [2.05, 4.69) is 90.4 Å². The van der Waals surface area contributed by atoms with E-state index < -0.39 is 0 Å². The quantitative estimate of drug-likeness (QED) is 0.518. The van der Waals surface area contributed by atoms with Crippen LogP contribution < -0.4 is 5.56 Å². The van der Waals surface area contributed by atoms with Crippen LogP contribution >= 0.6 is 0 Å². The van der Waals surface area contributed by atoms with Crippen molar-refractivity contribution in [1.29, 1.82) is 0 Å². The number of tetrazole rings is 1. The summed E-state index contributed by atoms with van der Waals surface area (Å²) in [7, 11) is 0. The maximum absolute atomic E-state index is 13.5. The molecule has 0 fully saturated rings. The summed E-state index contributed by atoms with van der Waals surface area (Å²) in [6.45, 7) is 11.9. The van der Waals surface area contributed by atoms with E-state index in [1.54, 1.807) is 0 Å². The summed E-state index contributed by atoms with van der Waals surface area (Å²) < 4.78 is 1.85. The van der Waals surface area contributed by atoms with E-state index in [1.165, 1.54) is 16.7 Å². The SMILES string of the molecule is Cc1cc2cc([C@@H](c3nnnn3C(C)(C)C)N3CCc4ccccc4C3)c(=O)[nH]c2cc1C. The van der Waals surface area contributed by atoms with Crippen LogP contribution in [0.25, 0.3) is 10.9 Å². The molecular formula is C26H30N6O. The van der Waals surface area contributed by atoms with Crippen molar-refractivity contribution >= 4 is 10.9 Å². The van der Waals surface area contributed by atoms with Crippen LogP contribution in [-0.4, -0.2) is 36.6 Å². The average Bonchev–Trinajstić information content (AvgIpc) is 3.26. The van der Waals surface area contributed by atoms with Crippen molar-refractivity contribution < 1.29 is 0 Å². The van der Waals surface area contributed by atoms with Crippen LogP contribution in [0, 0.1) is 13.8 Å². The molecule has 0 saturated carbocycles. The Morgan fingerprint density at radius 1 is 1.03 bits per heavy atom. The van der Waals surface area contributed by atoms with E-state index in [0.29, 0.717) is 11.4 Å². The molecule has 0 bridgehead atoms. The van der Waals surface area contributed by atoms with Gasteiger partial charge in [0.2, 0.25) is 0 Å². The molecular weight excluding hydrogens is 412 g/mol. The standard InChI is InChI=1S/C26H30N6O/c1-16-12-20-14-21(25(33)27-22(20)13-17(16)2)23(24-28-29-30-32(24)26(3,4)5)31-11-10-18-8-6-7-9-19(18)15-31/h6-9,12-14,23H,10-11,15H2,1-5H3,(H,27,33)/t23-/m0/s1. The lowest BCUT2D eigenvalue weighted by Crippen LogP contribution is -2.40. The molecule has 33 heavy (non-hydrogen) atoms. The van der Waals surface area contributed by atoms with Gasteiger partial charge in [0, 0.05) is 24.2 Å². The molecule has 7 heteroatoms. The van der Waals surface area contributed by atoms with Gasteiger partial charge in [0.1, 0.15) is 6.04 Å². The second-order valence-electron chi connectivity index (χ2n) is 10.1. The van der Waals surface area contributed by atoms with Gasteiger partial charge >= 0.3 is 0 Å². The highest BCUT2D eigenvalue weighted by molar-refractivity contribution is 5.81. The molecule has 1 atom stereocenters. The third kappa shape index (κ3) is 3.86. The van der Waals surface area contributed by atoms with E-state index in [0.717, 1.165) is 36.0 Å². The van der Waals surface area contributed by atoms with Crippen molar-refractivity contribution in [3.05, 3.63) is 86.5 Å². The number of H-pyrrole nitrogens is 1. The number of hydrogen-bond donors (Lipinski definition) is 1. The number of fused-ring (bicyclic) bond motifs is 2. The zero-order valence-electron chi connectivity index (χ0n) is 19.9. The zero-order chi connectivity index (χ0) is 23.3. The largest absolute Gasteiger partial charge is 0.322 e. The summed E-state index contributed by atoms with van der Waals surface area (Å²) in [6, 6.07) is 14.4. The zero-order valence-corrected chi connectivity index (χ0v) is 19.9. The average molecular weight is 443 g/mol. The molecule has 2 aromatic carbocycles. The first-order valence-electron chi connectivity index (χ1n) is 11.5. The first kappa shape index (κ1) is 21.5. The van der Waals surface area contributed by atoms with Crippen molar-refractivity contribution in [2.75, 3.05) is 6.54 Å². The van der Waals surface area contributed by atoms with Crippen molar-refractivity contribution in [1.82, 2.24) is 30.1 Å². The van der Waals surface area contributed by atoms with Crippen molar-refractivity contribution in [3.63, 3.8) is 0 Å². The highest BCUT2D eigenvalue weighted by Gasteiger charge is 2.34. The molecule has 2 aromatic heterocycles. The third-order valence-corrected chi connectivity index (χ3v) is 6.68. The summed E-state index contributed by atoms with van der Waals surface area (Å²) in [4.78, 5) is 18.9. The number of pyridine rings is 1. The van der Waals surface area contributed by atoms with Gasteiger partial charge in [0.15, 0.2) is 5.82 Å². The molecule has 0 amide bonds. The smallest absolute Gasteiger partial charge is 0.253 e. The second kappa shape index (κ2) is 7.92. The Morgan fingerprint density at radius 2 is 1.76 bits per heavy atom. The number of nitrogens with zero attached hydrogens (tertiary/aromatic N) is 5. The van der Waals surface area contributed by atoms with Crippen LogP contribution in [-0.2, 0) is 18.5 Å². The molecule has 0 aliphatic carbocycles. The first-order valence-corrected chi connectivity index (χ1v) is 11.5. The van der Waals surface area contributed by atoms with Gasteiger partial charge in [0.05, 0.1) is 5.54 Å². The van der Waals surface area contributed by atoms with Crippen molar-refractivity contribution in [2.24, 2.45) is 0 Å². The predicted octanol–water partition coefficient (Wildman–Crippen LogP) is 4.03. The lowest BCUT2D eigenvalue weighted by molar-refractivity contribution is 0.185. The number of nitrogens with one attached hydrogen (secondary N) is 1. The molecule has 5 rings (SSSR count). The molecule has 0 radical (unpaired) electrons. The summed E-state index contributed by atoms with van der Waals surface area (Å²) >= 11 is 0. The summed E-state index contributed by atoms with van der Waals surface area (Å²) in [6.07, 6.45) is 0.924. The van der Waals surface area contributed by atoms with E-state index in [-0.39, 0.29) is 17.1 Å². The lowest BCUT2D eigenvalue weighted by atomic mass is 9.95. The maximum atomic E-state index is 13.5. The maximum Gasteiger partial charge on any atom is 0.253 e. The number of benzene rings is 2. The number of hydrogen-bond acceptors (Lipinski definition) is 5. The Labute approximate surface area is 193 Å². The van der Waals surface area contributed by atoms with Gasteiger partial charge < -0.3 is 4.98 Å². The fourth-order valence-electron chi connectivity index (χ4n) is 4.78. The first-order chi connectivity index (χ1) is 15.7. The molecule has 0 spiro atoms. The highest BCUT2D eigenvalue weighted by Crippen LogP contribution is 2.33. The Balaban J connectivity index is 1.70. The monoisotopic (exact) mass is 442 g/mol. The van der Waals surface area contributed by atoms with Gasteiger partial charge in [-0.2, -0.15) is 0 Å². The molecule has 4 aromatic rings. The summed E-state index contributed by atoms with van der Waals surface area (Å²) in [5.74, 6) is 0.690. The lowest BCUT2D eigenvalue weighted by Gasteiger charge is -2.36. The highest BCUT2D eigenvalue weighted by atomic mass is 16.1. The van der Waals surface area contributed by atoms with Gasteiger partial charge in [-0.3, -0.25) is 9.69 Å². The predicted molar refractivity (Wildman–Crippen MR) is 129 cm³/mol. The van der Waals surface area contributed by atoms with Gasteiger partial charge in [-0.05, 0) is 97.3 Å². The Kier molecular flexibility index (Phi) is 5.16. The molecule has 3 heterocycles. The summed E-state index contributed by atoms with van der Waals surface area (Å²) in [5, 5.41) is 13.8. The van der Waals surface area contributed by atoms with Crippen LogP contribution in [0.5, 0.6) is 0 Å². The van der Waals surface area contributed by atoms with E-state index in [9.17, 15) is 4.79 Å². The van der Waals surface area contributed by atoms with Crippen LogP contribution in [0.15, 0.2) is 47.3 Å². The van der Waals surface area contributed by atoms with Crippen molar-refractivity contribution in [3.8, 4) is 0 Å². The van der Waals surface area contributed by atoms with Crippen LogP contribution in [0.4, 0.5) is 0 Å². The van der Waals surface area contributed by atoms with Crippen LogP contribution in [0.3, 0.4) is 0 Å². The van der Waals surface area contributed by atoms with Gasteiger partial charge in [-0.15, -0.1) is 5.10 Å². The summed E-state index contributed by atoms with van der Waals surface area (Å²) in [5.41, 5.74) is 6.11. The minimum Gasteiger partial charge on any atom is -0.322 e. The molecule has 170 valence electrons. The number of aromatic nitrogens is 5. The molecule has 1 aliphatic heterocycles. The second-order valence-corrected chi connectivity index (χ2v) is 10.1. The Morgan fingerprint density at radius 3 is 2.52 bits per heavy atom. The van der Waals surface area contributed by atoms with Crippen LogP contribution in [0.1, 0.15) is 60.5 Å². The molecule has 7 nitrogen and oxygen atoms in total. The molecule has 0 saturated heterocycles. The topological polar surface area (TPSA) is 79.7 Å². The number of rotatable bonds is 3. The van der Waals surface area contributed by atoms with Gasteiger partial charge in [-0.1, -0.05) is 24.3 Å². The minimum absolute atomic E-state index is 0.0990.